The molecule has 0 aromatic heterocycles. The third-order valence-corrected chi connectivity index (χ3v) is 6.15. The lowest BCUT2D eigenvalue weighted by Gasteiger charge is -2.24. The van der Waals surface area contributed by atoms with Crippen LogP contribution in [-0.4, -0.2) is 12.8 Å². The maximum atomic E-state index is 5.35. The predicted molar refractivity (Wildman–Crippen MR) is 130 cm³/mol. The van der Waals surface area contributed by atoms with Crippen molar-refractivity contribution in [1.29, 1.82) is 0 Å². The van der Waals surface area contributed by atoms with Gasteiger partial charge in [0.1, 0.15) is 5.75 Å². The minimum Gasteiger partial charge on any atom is -0.497 e. The average Bonchev–Trinajstić information content (AvgIpc) is 3.24. The molecule has 31 heavy (non-hydrogen) atoms. The Morgan fingerprint density at radius 1 is 0.774 bits per heavy atom. The monoisotopic (exact) mass is 412 g/mol. The highest BCUT2D eigenvalue weighted by Gasteiger charge is 2.30. The molecule has 0 amide bonds. The van der Waals surface area contributed by atoms with Crippen LogP contribution in [0.4, 0.5) is 5.69 Å². The Hall–Kier alpha value is -3.07. The molecule has 0 N–H and O–H groups in total. The van der Waals surface area contributed by atoms with Gasteiger partial charge in [0.15, 0.2) is 0 Å². The molecule has 0 fully saturated rings. The second kappa shape index (κ2) is 8.97. The maximum Gasteiger partial charge on any atom is 0.119 e. The normalized spacial score (nSPS) is 16.2. The molecular formula is C28H32N2O. The molecule has 3 heteroatoms. The van der Waals surface area contributed by atoms with Gasteiger partial charge in [-0.15, -0.1) is 0 Å². The Kier molecular flexibility index (Phi) is 6.13. The van der Waals surface area contributed by atoms with E-state index < -0.39 is 0 Å². The van der Waals surface area contributed by atoms with E-state index in [0.717, 1.165) is 23.6 Å². The highest BCUT2D eigenvalue weighted by Crippen LogP contribution is 2.37. The Labute approximate surface area is 186 Å². The lowest BCUT2D eigenvalue weighted by atomic mass is 9.94. The van der Waals surface area contributed by atoms with Gasteiger partial charge in [0.2, 0.25) is 0 Å². The number of hydrogen-bond donors (Lipinski definition) is 0. The van der Waals surface area contributed by atoms with Crippen molar-refractivity contribution in [2.24, 2.45) is 5.10 Å². The molecule has 0 saturated carbocycles. The Bertz CT molecular complexity index is 1030. The van der Waals surface area contributed by atoms with E-state index in [2.05, 4.69) is 93.4 Å². The van der Waals surface area contributed by atoms with E-state index in [-0.39, 0.29) is 6.04 Å². The number of methoxy groups -OCH3 is 1. The number of ether oxygens (including phenoxy) is 1. The van der Waals surface area contributed by atoms with E-state index in [4.69, 9.17) is 9.84 Å². The van der Waals surface area contributed by atoms with E-state index in [1.54, 1.807) is 7.11 Å². The molecule has 160 valence electrons. The summed E-state index contributed by atoms with van der Waals surface area (Å²) in [7, 11) is 1.70. The SMILES string of the molecule is COc1ccc(N2N=C(c3ccc(C(C)C)cc3)CC2c2ccc(C(C)C)cc2)cc1. The molecule has 3 aromatic rings. The summed E-state index contributed by atoms with van der Waals surface area (Å²) >= 11 is 0. The van der Waals surface area contributed by atoms with Crippen LogP contribution in [0, 0.1) is 0 Å². The van der Waals surface area contributed by atoms with Crippen LogP contribution in [0.3, 0.4) is 0 Å². The van der Waals surface area contributed by atoms with Crippen LogP contribution in [-0.2, 0) is 0 Å². The summed E-state index contributed by atoms with van der Waals surface area (Å²) in [6, 6.07) is 26.3. The zero-order chi connectivity index (χ0) is 22.0. The van der Waals surface area contributed by atoms with E-state index in [1.807, 2.05) is 12.1 Å². The topological polar surface area (TPSA) is 24.8 Å². The Morgan fingerprint density at radius 2 is 1.32 bits per heavy atom. The van der Waals surface area contributed by atoms with Crippen LogP contribution < -0.4 is 9.75 Å². The number of nitrogens with zero attached hydrogens (tertiary/aromatic N) is 2. The minimum atomic E-state index is 0.175. The molecule has 1 heterocycles. The first-order valence-corrected chi connectivity index (χ1v) is 11.2. The largest absolute Gasteiger partial charge is 0.497 e. The van der Waals surface area contributed by atoms with E-state index in [9.17, 15) is 0 Å². The van der Waals surface area contributed by atoms with Gasteiger partial charge in [0.25, 0.3) is 0 Å². The summed E-state index contributed by atoms with van der Waals surface area (Å²) in [5, 5.41) is 7.25. The molecule has 1 aliphatic heterocycles. The fourth-order valence-corrected chi connectivity index (χ4v) is 4.08. The van der Waals surface area contributed by atoms with Crippen LogP contribution >= 0.6 is 0 Å². The van der Waals surface area contributed by atoms with Gasteiger partial charge in [-0.3, -0.25) is 5.01 Å². The second-order valence-electron chi connectivity index (χ2n) is 8.91. The maximum absolute atomic E-state index is 5.35. The summed E-state index contributed by atoms with van der Waals surface area (Å²) in [5.41, 5.74) is 7.41. The predicted octanol–water partition coefficient (Wildman–Crippen LogP) is 7.30. The van der Waals surface area contributed by atoms with Crippen molar-refractivity contribution in [1.82, 2.24) is 0 Å². The number of rotatable bonds is 6. The molecule has 1 aliphatic rings. The summed E-state index contributed by atoms with van der Waals surface area (Å²) in [6.45, 7) is 8.92. The van der Waals surface area contributed by atoms with Crippen LogP contribution in [0.1, 0.15) is 74.2 Å². The van der Waals surface area contributed by atoms with Crippen molar-refractivity contribution in [3.63, 3.8) is 0 Å². The molecule has 0 radical (unpaired) electrons. The van der Waals surface area contributed by atoms with Gasteiger partial charge in [0.05, 0.1) is 24.6 Å². The zero-order valence-electron chi connectivity index (χ0n) is 19.2. The van der Waals surface area contributed by atoms with Gasteiger partial charge in [-0.2, -0.15) is 5.10 Å². The van der Waals surface area contributed by atoms with Crippen molar-refractivity contribution >= 4 is 11.4 Å². The number of anilines is 1. The Balaban J connectivity index is 1.69. The summed E-state index contributed by atoms with van der Waals surface area (Å²) in [6.07, 6.45) is 0.883. The van der Waals surface area contributed by atoms with Crippen LogP contribution in [0.15, 0.2) is 77.9 Å². The molecule has 3 aromatic carbocycles. The Morgan fingerprint density at radius 3 is 1.84 bits per heavy atom. The van der Waals surface area contributed by atoms with Crippen molar-refractivity contribution < 1.29 is 4.74 Å². The minimum absolute atomic E-state index is 0.175. The average molecular weight is 413 g/mol. The lowest BCUT2D eigenvalue weighted by Crippen LogP contribution is -2.18. The third kappa shape index (κ3) is 4.51. The fraction of sp³-hybridized carbons (Fsp3) is 0.321. The number of hydrogen-bond acceptors (Lipinski definition) is 3. The van der Waals surface area contributed by atoms with Crippen LogP contribution in [0.2, 0.25) is 0 Å². The molecule has 3 nitrogen and oxygen atoms in total. The smallest absolute Gasteiger partial charge is 0.119 e. The highest BCUT2D eigenvalue weighted by molar-refractivity contribution is 6.03. The van der Waals surface area contributed by atoms with Crippen LogP contribution in [0.25, 0.3) is 0 Å². The highest BCUT2D eigenvalue weighted by atomic mass is 16.5. The molecule has 0 spiro atoms. The van der Waals surface area contributed by atoms with Gasteiger partial charge >= 0.3 is 0 Å². The number of hydrazone groups is 1. The summed E-state index contributed by atoms with van der Waals surface area (Å²) < 4.78 is 5.35. The quantitative estimate of drug-likeness (QED) is 0.424. The lowest BCUT2D eigenvalue weighted by molar-refractivity contribution is 0.415. The van der Waals surface area contributed by atoms with Crippen molar-refractivity contribution in [2.75, 3.05) is 12.1 Å². The van der Waals surface area contributed by atoms with Crippen molar-refractivity contribution in [3.05, 3.63) is 95.1 Å². The molecule has 1 unspecified atom stereocenters. The molecule has 0 bridgehead atoms. The van der Waals surface area contributed by atoms with Crippen LogP contribution in [0.5, 0.6) is 5.75 Å². The van der Waals surface area contributed by atoms with E-state index in [0.29, 0.717) is 11.8 Å². The van der Waals surface area contributed by atoms with Crippen molar-refractivity contribution in [2.45, 2.75) is 52.0 Å². The standard InChI is InChI=1S/C28H32N2O/c1-19(2)21-6-10-23(11-7-21)27-18-28(24-12-8-22(9-13-24)20(3)4)30(29-27)25-14-16-26(31-5)17-15-25/h6-17,19-20,28H,18H2,1-5H3. The van der Waals surface area contributed by atoms with Gasteiger partial charge < -0.3 is 4.74 Å². The van der Waals surface area contributed by atoms with Crippen molar-refractivity contribution in [3.8, 4) is 5.75 Å². The zero-order valence-corrected chi connectivity index (χ0v) is 19.2. The number of benzene rings is 3. The van der Waals surface area contributed by atoms with Gasteiger partial charge in [-0.05, 0) is 58.4 Å². The molecular weight excluding hydrogens is 380 g/mol. The molecule has 0 saturated heterocycles. The fourth-order valence-electron chi connectivity index (χ4n) is 4.08. The molecule has 4 rings (SSSR count). The second-order valence-corrected chi connectivity index (χ2v) is 8.91. The third-order valence-electron chi connectivity index (χ3n) is 6.15. The van der Waals surface area contributed by atoms with E-state index >= 15 is 0 Å². The van der Waals surface area contributed by atoms with Gasteiger partial charge in [0, 0.05) is 6.42 Å². The van der Waals surface area contributed by atoms with Gasteiger partial charge in [-0.1, -0.05) is 76.2 Å². The van der Waals surface area contributed by atoms with E-state index in [1.165, 1.54) is 22.3 Å². The first kappa shape index (κ1) is 21.2. The summed E-state index contributed by atoms with van der Waals surface area (Å²) in [5.74, 6) is 1.92. The first-order chi connectivity index (χ1) is 15.0. The first-order valence-electron chi connectivity index (χ1n) is 11.2. The van der Waals surface area contributed by atoms with Gasteiger partial charge in [-0.25, -0.2) is 0 Å². The molecule has 1 atom stereocenters. The molecule has 0 aliphatic carbocycles. The summed E-state index contributed by atoms with van der Waals surface area (Å²) in [4.78, 5) is 0.